The molecule has 0 amide bonds. The van der Waals surface area contributed by atoms with Gasteiger partial charge in [-0.3, -0.25) is 9.59 Å². The van der Waals surface area contributed by atoms with Gasteiger partial charge in [0.25, 0.3) is 0 Å². The fraction of sp³-hybridized carbons (Fsp3) is 0.778. The van der Waals surface area contributed by atoms with Crippen molar-refractivity contribution in [2.24, 2.45) is 5.92 Å². The fourth-order valence-electron chi connectivity index (χ4n) is 1.57. The van der Waals surface area contributed by atoms with E-state index in [-0.39, 0.29) is 11.9 Å². The molecular weight excluding hydrogens is 172 g/mol. The van der Waals surface area contributed by atoms with E-state index in [1.165, 1.54) is 14.0 Å². The maximum absolute atomic E-state index is 11.2. The molecule has 4 heteroatoms. The monoisotopic (exact) mass is 186 g/mol. The molecule has 0 saturated carbocycles. The van der Waals surface area contributed by atoms with E-state index in [4.69, 9.17) is 4.74 Å². The molecule has 74 valence electrons. The lowest BCUT2D eigenvalue weighted by Gasteiger charge is -2.17. The summed E-state index contributed by atoms with van der Waals surface area (Å²) in [4.78, 5) is 22.4. The minimum Gasteiger partial charge on any atom is -0.468 e. The highest BCUT2D eigenvalue weighted by atomic mass is 16.5. The molecule has 13 heavy (non-hydrogen) atoms. The van der Waals surface area contributed by atoms with Crippen molar-refractivity contribution in [1.82, 2.24) is 0 Å². The Morgan fingerprint density at radius 3 is 2.62 bits per heavy atom. The highest BCUT2D eigenvalue weighted by Crippen LogP contribution is 2.22. The minimum atomic E-state index is -0.729. The molecule has 1 fully saturated rings. The number of Topliss-reactive ketones (excluding diaryl/α,β-unsaturated/α-hetero) is 1. The first-order valence-electron chi connectivity index (χ1n) is 4.36. The number of methoxy groups -OCH3 is 1. The maximum Gasteiger partial charge on any atom is 0.318 e. The van der Waals surface area contributed by atoms with E-state index in [9.17, 15) is 9.59 Å². The van der Waals surface area contributed by atoms with Gasteiger partial charge in [0.1, 0.15) is 11.7 Å². The molecule has 2 atom stereocenters. The Morgan fingerprint density at radius 2 is 2.23 bits per heavy atom. The van der Waals surface area contributed by atoms with Crippen LogP contribution in [-0.2, 0) is 19.1 Å². The molecule has 0 radical (unpaired) electrons. The number of rotatable bonds is 3. The molecule has 4 nitrogen and oxygen atoms in total. The molecule has 0 N–H and O–H groups in total. The van der Waals surface area contributed by atoms with Gasteiger partial charge in [-0.25, -0.2) is 0 Å². The topological polar surface area (TPSA) is 52.6 Å². The Bertz CT molecular complexity index is 206. The first-order valence-corrected chi connectivity index (χ1v) is 4.36. The summed E-state index contributed by atoms with van der Waals surface area (Å²) < 4.78 is 9.82. The Kier molecular flexibility index (Phi) is 3.42. The van der Waals surface area contributed by atoms with E-state index in [1.807, 2.05) is 0 Å². The number of carbonyl (C=O) groups is 2. The molecule has 1 heterocycles. The molecule has 0 aromatic rings. The quantitative estimate of drug-likeness (QED) is 0.477. The lowest BCUT2D eigenvalue weighted by atomic mass is 9.96. The number of carbonyl (C=O) groups excluding carboxylic acids is 2. The third-order valence-electron chi connectivity index (χ3n) is 2.23. The standard InChI is InChI=1S/C9H14O4/c1-6(10)8(9(11)12-2)7-4-3-5-13-7/h7-8H,3-5H2,1-2H3/t7-,8?/m1/s1. The van der Waals surface area contributed by atoms with Crippen LogP contribution in [0, 0.1) is 5.92 Å². The van der Waals surface area contributed by atoms with E-state index in [1.54, 1.807) is 0 Å². The van der Waals surface area contributed by atoms with Crippen LogP contribution in [0.25, 0.3) is 0 Å². The molecule has 1 unspecified atom stereocenters. The van der Waals surface area contributed by atoms with Crippen LogP contribution in [0.1, 0.15) is 19.8 Å². The molecule has 0 spiro atoms. The van der Waals surface area contributed by atoms with Crippen molar-refractivity contribution in [3.05, 3.63) is 0 Å². The third kappa shape index (κ3) is 2.28. The number of esters is 1. The van der Waals surface area contributed by atoms with Crippen molar-refractivity contribution in [3.8, 4) is 0 Å². The van der Waals surface area contributed by atoms with E-state index in [0.717, 1.165) is 12.8 Å². The highest BCUT2D eigenvalue weighted by molar-refractivity contribution is 5.98. The Hall–Kier alpha value is -0.900. The van der Waals surface area contributed by atoms with Crippen molar-refractivity contribution in [2.75, 3.05) is 13.7 Å². The van der Waals surface area contributed by atoms with E-state index in [2.05, 4.69) is 4.74 Å². The fourth-order valence-corrected chi connectivity index (χ4v) is 1.57. The van der Waals surface area contributed by atoms with Crippen molar-refractivity contribution >= 4 is 11.8 Å². The van der Waals surface area contributed by atoms with Crippen LogP contribution in [0.5, 0.6) is 0 Å². The van der Waals surface area contributed by atoms with E-state index in [0.29, 0.717) is 6.61 Å². The average Bonchev–Trinajstić information content (AvgIpc) is 2.56. The third-order valence-corrected chi connectivity index (χ3v) is 2.23. The van der Waals surface area contributed by atoms with Gasteiger partial charge in [-0.15, -0.1) is 0 Å². The molecule has 0 bridgehead atoms. The van der Waals surface area contributed by atoms with Gasteiger partial charge in [-0.1, -0.05) is 0 Å². The van der Waals surface area contributed by atoms with Gasteiger partial charge in [0.15, 0.2) is 0 Å². The zero-order valence-electron chi connectivity index (χ0n) is 7.91. The average molecular weight is 186 g/mol. The Balaban J connectivity index is 2.66. The van der Waals surface area contributed by atoms with E-state index < -0.39 is 11.9 Å². The Morgan fingerprint density at radius 1 is 1.54 bits per heavy atom. The number of ether oxygens (including phenoxy) is 2. The van der Waals surface area contributed by atoms with Crippen LogP contribution in [0.15, 0.2) is 0 Å². The van der Waals surface area contributed by atoms with Gasteiger partial charge in [0, 0.05) is 6.61 Å². The summed E-state index contributed by atoms with van der Waals surface area (Å²) in [5.74, 6) is -1.40. The van der Waals surface area contributed by atoms with Crippen LogP contribution in [-0.4, -0.2) is 31.6 Å². The molecular formula is C9H14O4. The second-order valence-electron chi connectivity index (χ2n) is 3.16. The van der Waals surface area contributed by atoms with Gasteiger partial charge < -0.3 is 9.47 Å². The van der Waals surface area contributed by atoms with Crippen LogP contribution < -0.4 is 0 Å². The predicted molar refractivity (Wildman–Crippen MR) is 45.2 cm³/mol. The summed E-state index contributed by atoms with van der Waals surface area (Å²) in [6.45, 7) is 2.02. The summed E-state index contributed by atoms with van der Waals surface area (Å²) in [7, 11) is 1.28. The van der Waals surface area contributed by atoms with Crippen molar-refractivity contribution in [3.63, 3.8) is 0 Å². The SMILES string of the molecule is COC(=O)C(C(C)=O)[C@H]1CCCO1. The zero-order chi connectivity index (χ0) is 9.84. The summed E-state index contributed by atoms with van der Waals surface area (Å²) in [6, 6.07) is 0. The van der Waals surface area contributed by atoms with Crippen molar-refractivity contribution in [1.29, 1.82) is 0 Å². The molecule has 0 aliphatic carbocycles. The minimum absolute atomic E-state index is 0.182. The highest BCUT2D eigenvalue weighted by Gasteiger charge is 2.35. The first kappa shape index (κ1) is 10.2. The summed E-state index contributed by atoms with van der Waals surface area (Å²) in [5, 5.41) is 0. The number of ketones is 1. The van der Waals surface area contributed by atoms with Gasteiger partial charge in [0.2, 0.25) is 0 Å². The van der Waals surface area contributed by atoms with Gasteiger partial charge in [0.05, 0.1) is 13.2 Å². The largest absolute Gasteiger partial charge is 0.468 e. The summed E-state index contributed by atoms with van der Waals surface area (Å²) in [5.41, 5.74) is 0. The maximum atomic E-state index is 11.2. The molecule has 0 aromatic carbocycles. The molecule has 0 aromatic heterocycles. The van der Waals surface area contributed by atoms with E-state index >= 15 is 0 Å². The first-order chi connectivity index (χ1) is 6.16. The zero-order valence-corrected chi connectivity index (χ0v) is 7.91. The molecule has 1 rings (SSSR count). The molecule has 1 saturated heterocycles. The van der Waals surface area contributed by atoms with Crippen LogP contribution in [0.3, 0.4) is 0 Å². The Labute approximate surface area is 77.2 Å². The van der Waals surface area contributed by atoms with Gasteiger partial charge in [-0.05, 0) is 19.8 Å². The molecule has 1 aliphatic rings. The van der Waals surface area contributed by atoms with Gasteiger partial charge >= 0.3 is 5.97 Å². The number of hydrogen-bond donors (Lipinski definition) is 0. The van der Waals surface area contributed by atoms with Crippen LogP contribution in [0.4, 0.5) is 0 Å². The van der Waals surface area contributed by atoms with Crippen molar-refractivity contribution < 1.29 is 19.1 Å². The summed E-state index contributed by atoms with van der Waals surface area (Å²) >= 11 is 0. The second-order valence-corrected chi connectivity index (χ2v) is 3.16. The number of hydrogen-bond acceptors (Lipinski definition) is 4. The van der Waals surface area contributed by atoms with Crippen LogP contribution in [0.2, 0.25) is 0 Å². The van der Waals surface area contributed by atoms with Crippen molar-refractivity contribution in [2.45, 2.75) is 25.9 Å². The second kappa shape index (κ2) is 4.37. The normalized spacial score (nSPS) is 24.0. The smallest absolute Gasteiger partial charge is 0.318 e. The lowest BCUT2D eigenvalue weighted by molar-refractivity contribution is -0.153. The van der Waals surface area contributed by atoms with Crippen LogP contribution >= 0.6 is 0 Å². The van der Waals surface area contributed by atoms with Gasteiger partial charge in [-0.2, -0.15) is 0 Å². The lowest BCUT2D eigenvalue weighted by Crippen LogP contribution is -2.34. The molecule has 1 aliphatic heterocycles. The predicted octanol–water partition coefficient (Wildman–Crippen LogP) is 0.544. The summed E-state index contributed by atoms with van der Waals surface area (Å²) in [6.07, 6.45) is 1.40.